The Hall–Kier alpha value is -2.00. The number of alkyl halides is 1. The number of carboxylic acids is 1. The van der Waals surface area contributed by atoms with Crippen LogP contribution in [0.15, 0.2) is 18.2 Å². The van der Waals surface area contributed by atoms with Crippen LogP contribution in [-0.2, 0) is 22.0 Å². The third-order valence-electron chi connectivity index (χ3n) is 9.94. The summed E-state index contributed by atoms with van der Waals surface area (Å²) in [5.41, 5.74) is 2.38. The van der Waals surface area contributed by atoms with Gasteiger partial charge in [-0.15, -0.1) is 0 Å². The van der Waals surface area contributed by atoms with E-state index in [4.69, 9.17) is 4.74 Å². The van der Waals surface area contributed by atoms with E-state index in [1.807, 2.05) is 6.07 Å². The van der Waals surface area contributed by atoms with Gasteiger partial charge in [0.15, 0.2) is 0 Å². The number of unbranched alkanes of at least 4 members (excludes halogenated alkanes) is 1. The number of aliphatic hydroxyl groups is 1. The number of amides is 1. The summed E-state index contributed by atoms with van der Waals surface area (Å²) in [5.74, 6) is 1.82. The van der Waals surface area contributed by atoms with E-state index in [0.717, 1.165) is 50.5 Å². The molecule has 3 aliphatic carbocycles. The number of aliphatic hydroxyl groups excluding tert-OH is 1. The fourth-order valence-electron chi connectivity index (χ4n) is 7.83. The molecular formula is C31H46FNO6S. The molecule has 40 heavy (non-hydrogen) atoms. The summed E-state index contributed by atoms with van der Waals surface area (Å²) in [6.07, 6.45) is 6.56. The first-order valence-corrected chi connectivity index (χ1v) is 16.5. The standard InChI is InChI=1S/C31H46FNO6S/c1-19(2)28(29(35)36)33-30(37)39-22-8-9-23-21(18-22)17-20(7-6-16-40(38)15-5-4-14-32)27-24(23)12-13-31(3)25(27)10-11-26(31)34/h8-9,18-20,24-28,34H,4-7,10-17H2,1-3H3,(H,33,37)(H,35,36)/t20-,24-,25+,26+,27-,28+,31+,40?/m1/s1. The zero-order valence-corrected chi connectivity index (χ0v) is 24.9. The summed E-state index contributed by atoms with van der Waals surface area (Å²) in [6.45, 7) is 5.35. The highest BCUT2D eigenvalue weighted by molar-refractivity contribution is 7.84. The van der Waals surface area contributed by atoms with Crippen molar-refractivity contribution in [3.63, 3.8) is 0 Å². The highest BCUT2D eigenvalue weighted by Gasteiger charge is 2.56. The van der Waals surface area contributed by atoms with Crippen molar-refractivity contribution in [1.82, 2.24) is 5.32 Å². The number of carboxylic acid groups (broad SMARTS) is 1. The Morgan fingerprint density at radius 2 is 1.93 bits per heavy atom. The topological polar surface area (TPSA) is 113 Å². The predicted molar refractivity (Wildman–Crippen MR) is 154 cm³/mol. The second-order valence-corrected chi connectivity index (χ2v) is 14.4. The van der Waals surface area contributed by atoms with Gasteiger partial charge < -0.3 is 20.3 Å². The number of rotatable bonds is 12. The van der Waals surface area contributed by atoms with Crippen LogP contribution in [0.5, 0.6) is 5.75 Å². The first kappa shape index (κ1) is 30.9. The van der Waals surface area contributed by atoms with Crippen LogP contribution in [0.4, 0.5) is 9.18 Å². The van der Waals surface area contributed by atoms with E-state index in [1.54, 1.807) is 19.9 Å². The fourth-order valence-corrected chi connectivity index (χ4v) is 9.05. The molecule has 0 saturated heterocycles. The molecule has 0 aromatic heterocycles. The minimum atomic E-state index is -1.10. The summed E-state index contributed by atoms with van der Waals surface area (Å²) in [7, 11) is -0.935. The Labute approximate surface area is 240 Å². The number of ether oxygens (including phenoxy) is 1. The number of halogens is 1. The van der Waals surface area contributed by atoms with Crippen molar-refractivity contribution in [2.45, 2.75) is 96.6 Å². The maximum atomic E-state index is 12.5. The zero-order valence-electron chi connectivity index (χ0n) is 24.1. The molecule has 7 nitrogen and oxygen atoms in total. The van der Waals surface area contributed by atoms with Crippen LogP contribution in [0, 0.1) is 29.1 Å². The van der Waals surface area contributed by atoms with Crippen LogP contribution >= 0.6 is 0 Å². The lowest BCUT2D eigenvalue weighted by Crippen LogP contribution is -2.47. The van der Waals surface area contributed by atoms with Gasteiger partial charge in [0.1, 0.15) is 11.8 Å². The van der Waals surface area contributed by atoms with Crippen molar-refractivity contribution >= 4 is 22.9 Å². The van der Waals surface area contributed by atoms with Crippen LogP contribution in [-0.4, -0.2) is 56.8 Å². The molecule has 0 spiro atoms. The lowest BCUT2D eigenvalue weighted by atomic mass is 9.52. The Morgan fingerprint density at radius 3 is 2.62 bits per heavy atom. The maximum absolute atomic E-state index is 12.5. The van der Waals surface area contributed by atoms with Crippen molar-refractivity contribution in [3.8, 4) is 5.75 Å². The number of fused-ring (bicyclic) bond motifs is 5. The van der Waals surface area contributed by atoms with Crippen molar-refractivity contribution in [2.24, 2.45) is 29.1 Å². The molecule has 3 N–H and O–H groups in total. The Morgan fingerprint density at radius 1 is 1.18 bits per heavy atom. The number of benzene rings is 1. The molecule has 0 aliphatic heterocycles. The average molecular weight is 580 g/mol. The Balaban J connectivity index is 1.51. The molecule has 3 aliphatic rings. The molecule has 1 unspecified atom stereocenters. The summed E-state index contributed by atoms with van der Waals surface area (Å²) >= 11 is 0. The highest BCUT2D eigenvalue weighted by Crippen LogP contribution is 2.62. The van der Waals surface area contributed by atoms with Crippen LogP contribution in [0.1, 0.15) is 89.2 Å². The third-order valence-corrected chi connectivity index (χ3v) is 11.4. The van der Waals surface area contributed by atoms with E-state index in [1.165, 1.54) is 5.56 Å². The molecule has 8 atom stereocenters. The number of hydrogen-bond donors (Lipinski definition) is 3. The normalized spacial score (nSPS) is 30.6. The van der Waals surface area contributed by atoms with Crippen molar-refractivity contribution < 1.29 is 33.1 Å². The van der Waals surface area contributed by atoms with Gasteiger partial charge in [-0.2, -0.15) is 0 Å². The monoisotopic (exact) mass is 579 g/mol. The second kappa shape index (κ2) is 13.3. The molecule has 1 aromatic rings. The summed E-state index contributed by atoms with van der Waals surface area (Å²) in [4.78, 5) is 24.0. The lowest BCUT2D eigenvalue weighted by molar-refractivity contribution is -0.140. The van der Waals surface area contributed by atoms with E-state index >= 15 is 0 Å². The van der Waals surface area contributed by atoms with Crippen LogP contribution < -0.4 is 10.1 Å². The molecular weight excluding hydrogens is 533 g/mol. The average Bonchev–Trinajstić information content (AvgIpc) is 3.20. The molecule has 9 heteroatoms. The minimum absolute atomic E-state index is 0.0651. The van der Waals surface area contributed by atoms with Gasteiger partial charge in [0.25, 0.3) is 0 Å². The first-order valence-electron chi connectivity index (χ1n) is 15.0. The number of carbonyl (C=O) groups is 2. The highest BCUT2D eigenvalue weighted by atomic mass is 32.2. The van der Waals surface area contributed by atoms with E-state index in [9.17, 15) is 28.4 Å². The van der Waals surface area contributed by atoms with Crippen molar-refractivity contribution in [1.29, 1.82) is 0 Å². The summed E-state index contributed by atoms with van der Waals surface area (Å²) in [5, 5.41) is 22.7. The predicted octanol–water partition coefficient (Wildman–Crippen LogP) is 5.61. The number of aliphatic carboxylic acids is 1. The van der Waals surface area contributed by atoms with Gasteiger partial charge in [0.05, 0.1) is 12.8 Å². The van der Waals surface area contributed by atoms with Gasteiger partial charge in [-0.25, -0.2) is 9.59 Å². The molecule has 1 amide bonds. The van der Waals surface area contributed by atoms with Crippen LogP contribution in [0.3, 0.4) is 0 Å². The van der Waals surface area contributed by atoms with E-state index in [0.29, 0.717) is 53.8 Å². The van der Waals surface area contributed by atoms with Crippen LogP contribution in [0.25, 0.3) is 0 Å². The van der Waals surface area contributed by atoms with Gasteiger partial charge >= 0.3 is 12.1 Å². The van der Waals surface area contributed by atoms with Crippen molar-refractivity contribution in [3.05, 3.63) is 29.3 Å². The molecule has 2 fully saturated rings. The molecule has 0 radical (unpaired) electrons. The SMILES string of the molecule is CC(C)[C@H](NC(=O)Oc1ccc2c(c1)C[C@@H](CCCS(=O)CCCCF)[C@@H]1[C@@H]2CC[C@]2(C)[C@@H](O)CC[C@@H]12)C(=O)O. The maximum Gasteiger partial charge on any atom is 0.413 e. The van der Waals surface area contributed by atoms with E-state index < -0.39 is 28.9 Å². The van der Waals surface area contributed by atoms with Gasteiger partial charge in [-0.1, -0.05) is 26.8 Å². The smallest absolute Gasteiger partial charge is 0.413 e. The second-order valence-electron chi connectivity index (χ2n) is 12.7. The summed E-state index contributed by atoms with van der Waals surface area (Å²) < 4.78 is 30.4. The fraction of sp³-hybridized carbons (Fsp3) is 0.742. The largest absolute Gasteiger partial charge is 0.480 e. The van der Waals surface area contributed by atoms with Gasteiger partial charge in [0.2, 0.25) is 0 Å². The molecule has 1 aromatic carbocycles. The number of carbonyl (C=O) groups excluding carboxylic acids is 1. The summed E-state index contributed by atoms with van der Waals surface area (Å²) in [6, 6.07) is 4.77. The van der Waals surface area contributed by atoms with Gasteiger partial charge in [-0.3, -0.25) is 8.60 Å². The minimum Gasteiger partial charge on any atom is -0.480 e. The first-order chi connectivity index (χ1) is 19.0. The Kier molecular flexibility index (Phi) is 10.3. The number of hydrogen-bond acceptors (Lipinski definition) is 5. The van der Waals surface area contributed by atoms with Crippen molar-refractivity contribution in [2.75, 3.05) is 18.2 Å². The lowest BCUT2D eigenvalue weighted by Gasteiger charge is -2.53. The molecule has 0 heterocycles. The molecule has 4 rings (SSSR count). The molecule has 2 saturated carbocycles. The third kappa shape index (κ3) is 6.72. The van der Waals surface area contributed by atoms with E-state index in [-0.39, 0.29) is 24.1 Å². The molecule has 0 bridgehead atoms. The zero-order chi connectivity index (χ0) is 29.0. The number of nitrogens with one attached hydrogen (secondary N) is 1. The van der Waals surface area contributed by atoms with E-state index in [2.05, 4.69) is 18.3 Å². The Bertz CT molecular complexity index is 1080. The van der Waals surface area contributed by atoms with Gasteiger partial charge in [-0.05, 0) is 116 Å². The quantitative estimate of drug-likeness (QED) is 0.278. The van der Waals surface area contributed by atoms with Gasteiger partial charge in [0, 0.05) is 22.3 Å². The van der Waals surface area contributed by atoms with Crippen LogP contribution in [0.2, 0.25) is 0 Å². The molecule has 224 valence electrons.